The molecule has 0 N–H and O–H groups in total. The Balaban J connectivity index is 2.62. The van der Waals surface area contributed by atoms with Gasteiger partial charge in [-0.25, -0.2) is 8.42 Å². The highest BCUT2D eigenvalue weighted by molar-refractivity contribution is 7.92. The van der Waals surface area contributed by atoms with Crippen LogP contribution in [-0.4, -0.2) is 27.0 Å². The van der Waals surface area contributed by atoms with E-state index in [9.17, 15) is 18.5 Å². The largest absolute Gasteiger partial charge is 0.495 e. The number of ether oxygens (including phenoxy) is 1. The topological polar surface area (TPSA) is 89.8 Å². The third-order valence-corrected chi connectivity index (χ3v) is 5.81. The molecule has 2 aromatic rings. The molecule has 0 unspecified atom stereocenters. The number of nitro groups is 1. The molecule has 0 saturated carbocycles. The molecule has 0 amide bonds. The van der Waals surface area contributed by atoms with Crippen molar-refractivity contribution in [2.45, 2.75) is 4.90 Å². The first-order chi connectivity index (χ1) is 12.2. The van der Waals surface area contributed by atoms with Crippen molar-refractivity contribution in [1.82, 2.24) is 0 Å². The molecule has 2 rings (SSSR count). The van der Waals surface area contributed by atoms with Crippen LogP contribution >= 0.6 is 23.2 Å². The lowest BCUT2D eigenvalue weighted by Gasteiger charge is -2.24. The lowest BCUT2D eigenvalue weighted by Crippen LogP contribution is -2.31. The molecule has 26 heavy (non-hydrogen) atoms. The van der Waals surface area contributed by atoms with Gasteiger partial charge < -0.3 is 4.74 Å². The van der Waals surface area contributed by atoms with Crippen molar-refractivity contribution in [2.24, 2.45) is 0 Å². The summed E-state index contributed by atoms with van der Waals surface area (Å²) in [6.07, 6.45) is 1.35. The van der Waals surface area contributed by atoms with Crippen LogP contribution in [0.15, 0.2) is 53.9 Å². The zero-order valence-electron chi connectivity index (χ0n) is 13.6. The molecule has 0 radical (unpaired) electrons. The van der Waals surface area contributed by atoms with Crippen molar-refractivity contribution in [3.05, 3.63) is 69.2 Å². The molecule has 0 fully saturated rings. The Bertz CT molecular complexity index is 963. The van der Waals surface area contributed by atoms with E-state index >= 15 is 0 Å². The van der Waals surface area contributed by atoms with E-state index in [0.717, 1.165) is 10.4 Å². The van der Waals surface area contributed by atoms with E-state index in [-0.39, 0.29) is 32.9 Å². The molecule has 0 aliphatic carbocycles. The van der Waals surface area contributed by atoms with E-state index in [0.29, 0.717) is 5.75 Å². The zero-order chi connectivity index (χ0) is 19.5. The molecule has 0 aliphatic heterocycles. The highest BCUT2D eigenvalue weighted by Gasteiger charge is 2.28. The number of hydrogen-bond donors (Lipinski definition) is 0. The summed E-state index contributed by atoms with van der Waals surface area (Å²) in [5.74, 6) is 0.314. The lowest BCUT2D eigenvalue weighted by molar-refractivity contribution is -0.384. The molecule has 138 valence electrons. The molecule has 0 atom stereocenters. The van der Waals surface area contributed by atoms with Gasteiger partial charge in [-0.05, 0) is 24.3 Å². The molecule has 0 bridgehead atoms. The molecule has 0 aromatic heterocycles. The van der Waals surface area contributed by atoms with Crippen LogP contribution in [0, 0.1) is 10.1 Å². The summed E-state index contributed by atoms with van der Waals surface area (Å²) >= 11 is 12.1. The molecule has 10 heteroatoms. The zero-order valence-corrected chi connectivity index (χ0v) is 15.9. The van der Waals surface area contributed by atoms with Crippen molar-refractivity contribution in [3.63, 3.8) is 0 Å². The first-order valence-corrected chi connectivity index (χ1v) is 9.33. The van der Waals surface area contributed by atoms with E-state index in [1.165, 1.54) is 43.5 Å². The predicted molar refractivity (Wildman–Crippen MR) is 101 cm³/mol. The summed E-state index contributed by atoms with van der Waals surface area (Å²) < 4.78 is 32.1. The average Bonchev–Trinajstić information content (AvgIpc) is 2.60. The number of nitro benzene ring substituents is 1. The molecule has 0 aliphatic rings. The Morgan fingerprint density at radius 3 is 2.46 bits per heavy atom. The number of sulfonamides is 1. The second-order valence-corrected chi connectivity index (χ2v) is 7.69. The van der Waals surface area contributed by atoms with Crippen LogP contribution in [0.5, 0.6) is 5.75 Å². The smallest absolute Gasteiger partial charge is 0.271 e. The summed E-state index contributed by atoms with van der Waals surface area (Å²) in [5, 5.41) is 11.2. The van der Waals surface area contributed by atoms with Crippen LogP contribution in [0.4, 0.5) is 11.4 Å². The standard InChI is InChI=1S/C16H14Cl2N2O5S/c1-3-8-19(15-9-11(20(21)22)4-6-13(15)17)26(23,24)12-5-7-16(25-2)14(18)10-12/h3-7,9-10H,1,8H2,2H3. The van der Waals surface area contributed by atoms with Crippen LogP contribution in [0.3, 0.4) is 0 Å². The Morgan fingerprint density at radius 2 is 1.92 bits per heavy atom. The SMILES string of the molecule is C=CCN(c1cc([N+](=O)[O-])ccc1Cl)S(=O)(=O)c1ccc(OC)c(Cl)c1. The van der Waals surface area contributed by atoms with E-state index in [1.54, 1.807) is 0 Å². The number of hydrogen-bond acceptors (Lipinski definition) is 5. The third kappa shape index (κ3) is 3.92. The molecule has 0 saturated heterocycles. The van der Waals surface area contributed by atoms with E-state index < -0.39 is 14.9 Å². The van der Waals surface area contributed by atoms with Crippen LogP contribution in [0.25, 0.3) is 0 Å². The van der Waals surface area contributed by atoms with Gasteiger partial charge in [-0.3, -0.25) is 14.4 Å². The number of non-ortho nitro benzene ring substituents is 1. The molecule has 7 nitrogen and oxygen atoms in total. The van der Waals surface area contributed by atoms with Crippen molar-refractivity contribution in [1.29, 1.82) is 0 Å². The maximum absolute atomic E-state index is 13.1. The van der Waals surface area contributed by atoms with Crippen LogP contribution < -0.4 is 9.04 Å². The normalized spacial score (nSPS) is 11.0. The summed E-state index contributed by atoms with van der Waals surface area (Å²) in [6.45, 7) is 3.39. The molecule has 0 heterocycles. The molecular weight excluding hydrogens is 403 g/mol. The van der Waals surface area contributed by atoms with E-state index in [4.69, 9.17) is 27.9 Å². The second kappa shape index (κ2) is 7.94. The van der Waals surface area contributed by atoms with Crippen LogP contribution in [-0.2, 0) is 10.0 Å². The Morgan fingerprint density at radius 1 is 1.23 bits per heavy atom. The minimum Gasteiger partial charge on any atom is -0.495 e. The van der Waals surface area contributed by atoms with Gasteiger partial charge in [-0.2, -0.15) is 0 Å². The minimum atomic E-state index is -4.11. The predicted octanol–water partition coefficient (Wildman–Crippen LogP) is 4.29. The maximum Gasteiger partial charge on any atom is 0.271 e. The summed E-state index contributed by atoms with van der Waals surface area (Å²) in [5.41, 5.74) is -0.325. The summed E-state index contributed by atoms with van der Waals surface area (Å²) in [7, 11) is -2.71. The third-order valence-electron chi connectivity index (χ3n) is 3.42. The van der Waals surface area contributed by atoms with Gasteiger partial charge in [0.25, 0.3) is 15.7 Å². The van der Waals surface area contributed by atoms with Gasteiger partial charge in [0.15, 0.2) is 0 Å². The van der Waals surface area contributed by atoms with Crippen molar-refractivity contribution >= 4 is 44.6 Å². The van der Waals surface area contributed by atoms with Gasteiger partial charge in [-0.15, -0.1) is 6.58 Å². The monoisotopic (exact) mass is 416 g/mol. The first-order valence-electron chi connectivity index (χ1n) is 7.13. The number of rotatable bonds is 7. The maximum atomic E-state index is 13.1. The average molecular weight is 417 g/mol. The van der Waals surface area contributed by atoms with Gasteiger partial charge >= 0.3 is 0 Å². The van der Waals surface area contributed by atoms with Gasteiger partial charge in [-0.1, -0.05) is 29.3 Å². The van der Waals surface area contributed by atoms with Crippen LogP contribution in [0.2, 0.25) is 10.0 Å². The molecule has 2 aromatic carbocycles. The van der Waals surface area contributed by atoms with E-state index in [2.05, 4.69) is 6.58 Å². The van der Waals surface area contributed by atoms with E-state index in [1.807, 2.05) is 0 Å². The Labute approximate surface area is 160 Å². The van der Waals surface area contributed by atoms with Crippen molar-refractivity contribution in [3.8, 4) is 5.75 Å². The van der Waals surface area contributed by atoms with Crippen molar-refractivity contribution < 1.29 is 18.1 Å². The number of halogens is 2. The second-order valence-electron chi connectivity index (χ2n) is 5.01. The van der Waals surface area contributed by atoms with Gasteiger partial charge in [0.1, 0.15) is 5.75 Å². The highest BCUT2D eigenvalue weighted by atomic mass is 35.5. The van der Waals surface area contributed by atoms with Crippen molar-refractivity contribution in [2.75, 3.05) is 18.0 Å². The summed E-state index contributed by atoms with van der Waals surface area (Å²) in [4.78, 5) is 10.3. The fourth-order valence-electron chi connectivity index (χ4n) is 2.18. The van der Waals surface area contributed by atoms with Crippen LogP contribution in [0.1, 0.15) is 0 Å². The number of anilines is 1. The lowest BCUT2D eigenvalue weighted by atomic mass is 10.3. The minimum absolute atomic E-state index is 0.0345. The Kier molecular flexibility index (Phi) is 6.12. The first kappa shape index (κ1) is 20.0. The molecular formula is C16H14Cl2N2O5S. The number of methoxy groups -OCH3 is 1. The number of nitrogens with zero attached hydrogens (tertiary/aromatic N) is 2. The fourth-order valence-corrected chi connectivity index (χ4v) is 4.25. The van der Waals surface area contributed by atoms with Gasteiger partial charge in [0.2, 0.25) is 0 Å². The van der Waals surface area contributed by atoms with Gasteiger partial charge in [0.05, 0.1) is 39.2 Å². The molecule has 0 spiro atoms. The van der Waals surface area contributed by atoms with Gasteiger partial charge in [0, 0.05) is 12.1 Å². The summed E-state index contributed by atoms with van der Waals surface area (Å²) in [6, 6.07) is 7.51. The quantitative estimate of drug-likeness (QED) is 0.381. The number of benzene rings is 2. The Hall–Kier alpha value is -2.29. The fraction of sp³-hybridized carbons (Fsp3) is 0.125. The highest BCUT2D eigenvalue weighted by Crippen LogP contribution is 2.35.